The van der Waals surface area contributed by atoms with E-state index in [4.69, 9.17) is 14.0 Å². The highest BCUT2D eigenvalue weighted by Crippen LogP contribution is 2.31. The van der Waals surface area contributed by atoms with Gasteiger partial charge >= 0.3 is 0 Å². The van der Waals surface area contributed by atoms with Crippen LogP contribution in [0.3, 0.4) is 0 Å². The van der Waals surface area contributed by atoms with Crippen LogP contribution in [0.4, 0.5) is 0 Å². The third-order valence-electron chi connectivity index (χ3n) is 3.80. The van der Waals surface area contributed by atoms with Crippen LogP contribution in [0.15, 0.2) is 35.0 Å². The number of fused-ring (bicyclic) bond motifs is 2. The molecule has 2 aliphatic rings. The number of rotatable bonds is 1. The summed E-state index contributed by atoms with van der Waals surface area (Å²) in [4.78, 5) is 14.3. The van der Waals surface area contributed by atoms with Crippen molar-refractivity contribution in [1.29, 1.82) is 0 Å². The van der Waals surface area contributed by atoms with Gasteiger partial charge in [0.15, 0.2) is 11.5 Å². The first-order valence-electron chi connectivity index (χ1n) is 6.91. The van der Waals surface area contributed by atoms with Crippen LogP contribution in [0.5, 0.6) is 11.5 Å². The maximum atomic E-state index is 12.6. The maximum absolute atomic E-state index is 12.6. The van der Waals surface area contributed by atoms with Gasteiger partial charge in [-0.3, -0.25) is 4.79 Å². The molecule has 0 spiro atoms. The zero-order chi connectivity index (χ0) is 14.2. The smallest absolute Gasteiger partial charge is 0.267 e. The molecule has 3 heterocycles. The van der Waals surface area contributed by atoms with Gasteiger partial charge in [-0.1, -0.05) is 17.3 Å². The van der Waals surface area contributed by atoms with Gasteiger partial charge in [-0.05, 0) is 12.1 Å². The fourth-order valence-electron chi connectivity index (χ4n) is 2.67. The topological polar surface area (TPSA) is 64.8 Å². The van der Waals surface area contributed by atoms with Gasteiger partial charge in [0.2, 0.25) is 6.10 Å². The summed E-state index contributed by atoms with van der Waals surface area (Å²) in [7, 11) is 0. The van der Waals surface area contributed by atoms with E-state index in [1.165, 1.54) is 0 Å². The Balaban J connectivity index is 1.49. The van der Waals surface area contributed by atoms with Crippen LogP contribution in [0, 0.1) is 0 Å². The second kappa shape index (κ2) is 4.80. The second-order valence-electron chi connectivity index (χ2n) is 5.15. The van der Waals surface area contributed by atoms with Crippen molar-refractivity contribution in [3.63, 3.8) is 0 Å². The highest BCUT2D eigenvalue weighted by molar-refractivity contribution is 5.82. The number of hydrogen-bond acceptors (Lipinski definition) is 5. The van der Waals surface area contributed by atoms with Crippen LogP contribution in [-0.4, -0.2) is 35.2 Å². The molecule has 0 saturated heterocycles. The van der Waals surface area contributed by atoms with Gasteiger partial charge in [-0.2, -0.15) is 0 Å². The predicted octanol–water partition coefficient (Wildman–Crippen LogP) is 1.40. The Morgan fingerprint density at radius 1 is 1.29 bits per heavy atom. The average molecular weight is 286 g/mol. The molecule has 2 aliphatic heterocycles. The number of para-hydroxylation sites is 2. The van der Waals surface area contributed by atoms with E-state index in [9.17, 15) is 4.79 Å². The van der Waals surface area contributed by atoms with Crippen molar-refractivity contribution in [3.8, 4) is 11.5 Å². The molecule has 0 fully saturated rings. The van der Waals surface area contributed by atoms with E-state index in [-0.39, 0.29) is 12.5 Å². The molecular weight excluding hydrogens is 272 g/mol. The molecule has 1 aromatic heterocycles. The molecule has 0 aliphatic carbocycles. The van der Waals surface area contributed by atoms with E-state index in [2.05, 4.69) is 5.16 Å². The molecule has 108 valence electrons. The Bertz CT molecular complexity index is 682. The monoisotopic (exact) mass is 286 g/mol. The maximum Gasteiger partial charge on any atom is 0.267 e. The number of amides is 1. The molecule has 2 aromatic rings. The van der Waals surface area contributed by atoms with E-state index in [1.54, 1.807) is 11.1 Å². The molecule has 1 atom stereocenters. The van der Waals surface area contributed by atoms with Crippen molar-refractivity contribution in [2.24, 2.45) is 0 Å². The summed E-state index contributed by atoms with van der Waals surface area (Å²) >= 11 is 0. The zero-order valence-corrected chi connectivity index (χ0v) is 11.3. The summed E-state index contributed by atoms with van der Waals surface area (Å²) in [6, 6.07) is 7.38. The van der Waals surface area contributed by atoms with Crippen LogP contribution in [0.25, 0.3) is 0 Å². The molecule has 0 bridgehead atoms. The Morgan fingerprint density at radius 3 is 3.05 bits per heavy atom. The lowest BCUT2D eigenvalue weighted by Gasteiger charge is -2.32. The first-order valence-corrected chi connectivity index (χ1v) is 6.91. The molecule has 1 unspecified atom stereocenters. The Hall–Kier alpha value is -2.50. The lowest BCUT2D eigenvalue weighted by Crippen LogP contribution is -2.47. The van der Waals surface area contributed by atoms with Crippen molar-refractivity contribution in [3.05, 3.63) is 41.8 Å². The van der Waals surface area contributed by atoms with Gasteiger partial charge in [0.05, 0.1) is 12.7 Å². The molecule has 6 heteroatoms. The molecule has 6 nitrogen and oxygen atoms in total. The summed E-state index contributed by atoms with van der Waals surface area (Å²) in [5.41, 5.74) is 0.965. The highest BCUT2D eigenvalue weighted by atomic mass is 16.6. The quantitative estimate of drug-likeness (QED) is 0.793. The minimum atomic E-state index is -0.596. The molecule has 4 rings (SSSR count). The lowest BCUT2D eigenvalue weighted by molar-refractivity contribution is -0.142. The Kier molecular flexibility index (Phi) is 2.80. The zero-order valence-electron chi connectivity index (χ0n) is 11.3. The SMILES string of the molecule is O=C(C1COc2ccccc2O1)N1CCc2oncc2C1. The first kappa shape index (κ1) is 12.3. The fourth-order valence-corrected chi connectivity index (χ4v) is 2.67. The summed E-state index contributed by atoms with van der Waals surface area (Å²) in [5.74, 6) is 2.10. The molecule has 0 N–H and O–H groups in total. The van der Waals surface area contributed by atoms with Crippen LogP contribution >= 0.6 is 0 Å². The van der Waals surface area contributed by atoms with Crippen LogP contribution in [-0.2, 0) is 17.8 Å². The average Bonchev–Trinajstić information content (AvgIpc) is 3.01. The van der Waals surface area contributed by atoms with Crippen molar-refractivity contribution in [2.75, 3.05) is 13.2 Å². The summed E-state index contributed by atoms with van der Waals surface area (Å²) in [6.45, 7) is 1.37. The second-order valence-corrected chi connectivity index (χ2v) is 5.15. The lowest BCUT2D eigenvalue weighted by atomic mass is 10.1. The van der Waals surface area contributed by atoms with Gasteiger partial charge in [0.25, 0.3) is 5.91 Å². The van der Waals surface area contributed by atoms with E-state index in [0.717, 1.165) is 11.3 Å². The van der Waals surface area contributed by atoms with Gasteiger partial charge in [0.1, 0.15) is 12.4 Å². The predicted molar refractivity (Wildman–Crippen MR) is 72.0 cm³/mol. The van der Waals surface area contributed by atoms with E-state index in [1.807, 2.05) is 24.3 Å². The molecule has 0 saturated carbocycles. The van der Waals surface area contributed by atoms with Gasteiger partial charge in [0, 0.05) is 18.5 Å². The van der Waals surface area contributed by atoms with Crippen molar-refractivity contribution < 1.29 is 18.8 Å². The van der Waals surface area contributed by atoms with Gasteiger partial charge in [-0.15, -0.1) is 0 Å². The number of carbonyl (C=O) groups is 1. The number of hydrogen-bond donors (Lipinski definition) is 0. The summed E-state index contributed by atoms with van der Waals surface area (Å²) in [5, 5.41) is 3.77. The highest BCUT2D eigenvalue weighted by Gasteiger charge is 2.33. The van der Waals surface area contributed by atoms with E-state index >= 15 is 0 Å². The van der Waals surface area contributed by atoms with Gasteiger partial charge < -0.3 is 18.9 Å². The van der Waals surface area contributed by atoms with Crippen molar-refractivity contribution in [2.45, 2.75) is 19.1 Å². The molecule has 1 aromatic carbocycles. The van der Waals surface area contributed by atoms with E-state index < -0.39 is 6.10 Å². The van der Waals surface area contributed by atoms with Gasteiger partial charge in [-0.25, -0.2) is 0 Å². The molecule has 1 amide bonds. The number of nitrogens with zero attached hydrogens (tertiary/aromatic N) is 2. The summed E-state index contributed by atoms with van der Waals surface area (Å²) < 4.78 is 16.5. The van der Waals surface area contributed by atoms with Crippen molar-refractivity contribution in [1.82, 2.24) is 10.1 Å². The van der Waals surface area contributed by atoms with Crippen molar-refractivity contribution >= 4 is 5.91 Å². The first-order chi connectivity index (χ1) is 10.3. The number of aromatic nitrogens is 1. The van der Waals surface area contributed by atoms with Crippen LogP contribution in [0.2, 0.25) is 0 Å². The third kappa shape index (κ3) is 2.12. The molecule has 0 radical (unpaired) electrons. The minimum Gasteiger partial charge on any atom is -0.485 e. The standard InChI is InChI=1S/C15H14N2O4/c18-15(17-6-5-11-10(8-17)7-16-21-11)14-9-19-12-3-1-2-4-13(12)20-14/h1-4,7,14H,5-6,8-9H2. The molecule has 21 heavy (non-hydrogen) atoms. The number of benzene rings is 1. The fraction of sp³-hybridized carbons (Fsp3) is 0.333. The molecular formula is C15H14N2O4. The van der Waals surface area contributed by atoms with E-state index in [0.29, 0.717) is 31.0 Å². The minimum absolute atomic E-state index is 0.0589. The number of carbonyl (C=O) groups excluding carboxylic acids is 1. The number of ether oxygens (including phenoxy) is 2. The Morgan fingerprint density at radius 2 is 2.14 bits per heavy atom. The summed E-state index contributed by atoms with van der Waals surface area (Å²) in [6.07, 6.45) is 1.76. The Labute approximate surface area is 121 Å². The normalized spacial score (nSPS) is 20.0. The van der Waals surface area contributed by atoms with Crippen LogP contribution < -0.4 is 9.47 Å². The largest absolute Gasteiger partial charge is 0.485 e. The van der Waals surface area contributed by atoms with Crippen LogP contribution in [0.1, 0.15) is 11.3 Å². The third-order valence-corrected chi connectivity index (χ3v) is 3.80.